The van der Waals surface area contributed by atoms with Crippen LogP contribution in [0.25, 0.3) is 0 Å². The minimum absolute atomic E-state index is 0.0870. The zero-order chi connectivity index (χ0) is 19.8. The molecule has 1 atom stereocenters. The summed E-state index contributed by atoms with van der Waals surface area (Å²) < 4.78 is 0.848. The number of nitrogens with two attached hydrogens (primary N) is 1. The summed E-state index contributed by atoms with van der Waals surface area (Å²) in [4.78, 5) is 14.7. The number of aromatic nitrogens is 2. The molecule has 1 aliphatic heterocycles. The molecule has 9 heteroatoms. The van der Waals surface area contributed by atoms with Gasteiger partial charge in [-0.1, -0.05) is 36.9 Å². The summed E-state index contributed by atoms with van der Waals surface area (Å²) in [6.07, 6.45) is 2.00. The molecule has 2 N–H and O–H groups in total. The highest BCUT2D eigenvalue weighted by atomic mass is 32.2. The second-order valence-corrected chi connectivity index (χ2v) is 10.4. The molecule has 1 aliphatic carbocycles. The van der Waals surface area contributed by atoms with Crippen molar-refractivity contribution in [2.75, 3.05) is 4.90 Å². The van der Waals surface area contributed by atoms with Crippen molar-refractivity contribution in [2.24, 2.45) is 5.73 Å². The van der Waals surface area contributed by atoms with Gasteiger partial charge in [-0.2, -0.15) is 16.6 Å². The number of hydrogen-bond donors (Lipinski definition) is 1. The number of thiophene rings is 1. The zero-order valence-electron chi connectivity index (χ0n) is 15.5. The van der Waals surface area contributed by atoms with Gasteiger partial charge in [0.2, 0.25) is 5.13 Å². The Labute approximate surface area is 175 Å². The number of nitrogens with zero attached hydrogens (tertiary/aromatic N) is 4. The Balaban J connectivity index is 1.87. The summed E-state index contributed by atoms with van der Waals surface area (Å²) >= 11 is 4.62. The summed E-state index contributed by atoms with van der Waals surface area (Å²) in [5, 5.41) is 23.4. The van der Waals surface area contributed by atoms with Crippen LogP contribution < -0.4 is 10.6 Å². The number of allylic oxidation sites excluding steroid dienone is 3. The number of carbonyl (C=O) groups excluding carboxylic acids is 1. The molecule has 0 aromatic carbocycles. The van der Waals surface area contributed by atoms with E-state index in [4.69, 9.17) is 5.73 Å². The van der Waals surface area contributed by atoms with Crippen molar-refractivity contribution >= 4 is 45.4 Å². The van der Waals surface area contributed by atoms with Gasteiger partial charge in [0.05, 0.1) is 17.6 Å². The number of carbonyl (C=O) groups is 1. The Bertz CT molecular complexity index is 1010. The third kappa shape index (κ3) is 3.26. The van der Waals surface area contributed by atoms with Crippen LogP contribution >= 0.6 is 34.4 Å². The summed E-state index contributed by atoms with van der Waals surface area (Å²) in [5.74, 6) is 0.0427. The minimum atomic E-state index is -0.396. The highest BCUT2D eigenvalue weighted by molar-refractivity contribution is 8.01. The second-order valence-electron chi connectivity index (χ2n) is 6.89. The van der Waals surface area contributed by atoms with Crippen LogP contribution in [0.3, 0.4) is 0 Å². The normalized spacial score (nSPS) is 20.0. The van der Waals surface area contributed by atoms with E-state index in [1.807, 2.05) is 16.8 Å². The molecule has 0 fully saturated rings. The molecule has 6 nitrogen and oxygen atoms in total. The Morgan fingerprint density at radius 1 is 1.39 bits per heavy atom. The van der Waals surface area contributed by atoms with E-state index >= 15 is 0 Å². The molecule has 144 valence electrons. The van der Waals surface area contributed by atoms with Crippen molar-refractivity contribution in [1.29, 1.82) is 5.26 Å². The van der Waals surface area contributed by atoms with Gasteiger partial charge in [-0.25, -0.2) is 0 Å². The maximum absolute atomic E-state index is 12.9. The Morgan fingerprint density at radius 3 is 2.89 bits per heavy atom. The van der Waals surface area contributed by atoms with Crippen LogP contribution in [0.15, 0.2) is 43.8 Å². The van der Waals surface area contributed by atoms with Gasteiger partial charge in [0.15, 0.2) is 10.1 Å². The van der Waals surface area contributed by atoms with Crippen LogP contribution in [0.1, 0.15) is 44.6 Å². The first-order valence-electron chi connectivity index (χ1n) is 8.99. The second kappa shape index (κ2) is 7.70. The molecule has 28 heavy (non-hydrogen) atoms. The van der Waals surface area contributed by atoms with E-state index in [1.165, 1.54) is 11.3 Å². The maximum Gasteiger partial charge on any atom is 0.219 e. The summed E-state index contributed by atoms with van der Waals surface area (Å²) in [6, 6.07) is 4.23. The van der Waals surface area contributed by atoms with E-state index in [2.05, 4.69) is 30.1 Å². The maximum atomic E-state index is 12.9. The Hall–Kier alpha value is -2.15. The molecule has 0 bridgehead atoms. The molecule has 4 rings (SSSR count). The van der Waals surface area contributed by atoms with Crippen molar-refractivity contribution < 1.29 is 4.79 Å². The molecule has 2 aliphatic rings. The van der Waals surface area contributed by atoms with Crippen LogP contribution in [0, 0.1) is 11.3 Å². The number of hydrogen-bond acceptors (Lipinski definition) is 9. The average Bonchev–Trinajstić information content (AvgIpc) is 3.32. The third-order valence-electron chi connectivity index (χ3n) is 4.71. The predicted molar refractivity (Wildman–Crippen MR) is 113 cm³/mol. The molecule has 0 saturated carbocycles. The molecule has 0 radical (unpaired) electrons. The van der Waals surface area contributed by atoms with Crippen molar-refractivity contribution in [3.8, 4) is 6.07 Å². The third-order valence-corrected chi connectivity index (χ3v) is 7.41. The molecule has 0 spiro atoms. The smallest absolute Gasteiger partial charge is 0.219 e. The lowest BCUT2D eigenvalue weighted by Gasteiger charge is -2.37. The average molecular weight is 430 g/mol. The van der Waals surface area contributed by atoms with Gasteiger partial charge in [0.1, 0.15) is 5.82 Å². The van der Waals surface area contributed by atoms with Gasteiger partial charge in [0, 0.05) is 22.9 Å². The molecule has 0 saturated heterocycles. The minimum Gasteiger partial charge on any atom is -0.384 e. The van der Waals surface area contributed by atoms with Gasteiger partial charge in [-0.15, -0.1) is 10.2 Å². The van der Waals surface area contributed by atoms with Crippen LogP contribution in [-0.4, -0.2) is 21.2 Å². The SMILES string of the molecule is CC(C)Sc1nnc(N2C(N)=C(C#N)C(c3ccsc3)C3=C2CCCC3=O)s1. The van der Waals surface area contributed by atoms with Gasteiger partial charge in [-0.05, 0) is 35.2 Å². The van der Waals surface area contributed by atoms with Crippen LogP contribution in [0.5, 0.6) is 0 Å². The molecular weight excluding hydrogens is 410 g/mol. The molecule has 2 aromatic heterocycles. The standard InChI is InChI=1S/C19H19N5OS3/c1-10(2)27-19-23-22-18(28-19)24-13-4-3-5-14(25)16(13)15(11-6-7-26-9-11)12(8-20)17(24)21/h6-7,9-10,15H,3-5,21H2,1-2H3. The highest BCUT2D eigenvalue weighted by Gasteiger charge is 2.41. The summed E-state index contributed by atoms with van der Waals surface area (Å²) in [7, 11) is 0. The number of ketones is 1. The fraction of sp³-hybridized carbons (Fsp3) is 0.368. The quantitative estimate of drug-likeness (QED) is 0.719. The number of anilines is 1. The molecular formula is C19H19N5OS3. The fourth-order valence-corrected chi connectivity index (χ4v) is 6.41. The molecule has 3 heterocycles. The predicted octanol–water partition coefficient (Wildman–Crippen LogP) is 4.40. The molecule has 0 amide bonds. The zero-order valence-corrected chi connectivity index (χ0v) is 18.0. The first-order chi connectivity index (χ1) is 13.5. The number of Topliss-reactive ketones (excluding diaryl/α,β-unsaturated/α-hetero) is 1. The largest absolute Gasteiger partial charge is 0.384 e. The van der Waals surface area contributed by atoms with E-state index < -0.39 is 5.92 Å². The first-order valence-corrected chi connectivity index (χ1v) is 11.6. The summed E-state index contributed by atoms with van der Waals surface area (Å²) in [5.41, 5.74) is 9.39. The highest BCUT2D eigenvalue weighted by Crippen LogP contribution is 2.47. The Morgan fingerprint density at radius 2 is 2.21 bits per heavy atom. The number of rotatable bonds is 4. The van der Waals surface area contributed by atoms with Gasteiger partial charge in [-0.3, -0.25) is 9.69 Å². The van der Waals surface area contributed by atoms with Crippen molar-refractivity contribution in [3.05, 3.63) is 45.1 Å². The van der Waals surface area contributed by atoms with Crippen LogP contribution in [0.2, 0.25) is 0 Å². The van der Waals surface area contributed by atoms with Crippen molar-refractivity contribution in [1.82, 2.24) is 10.2 Å². The molecule has 1 unspecified atom stereocenters. The monoisotopic (exact) mass is 429 g/mol. The van der Waals surface area contributed by atoms with E-state index in [0.29, 0.717) is 33.8 Å². The van der Waals surface area contributed by atoms with E-state index in [9.17, 15) is 10.1 Å². The van der Waals surface area contributed by atoms with Gasteiger partial charge in [0.25, 0.3) is 0 Å². The van der Waals surface area contributed by atoms with Crippen LogP contribution in [-0.2, 0) is 4.79 Å². The van der Waals surface area contributed by atoms with Gasteiger partial charge >= 0.3 is 0 Å². The lowest BCUT2D eigenvalue weighted by Crippen LogP contribution is -2.38. The lowest BCUT2D eigenvalue weighted by atomic mass is 9.76. The van der Waals surface area contributed by atoms with E-state index in [1.54, 1.807) is 28.0 Å². The first kappa shape index (κ1) is 19.2. The fourth-order valence-electron chi connectivity index (χ4n) is 3.62. The number of nitriles is 1. The van der Waals surface area contributed by atoms with E-state index in [-0.39, 0.29) is 5.78 Å². The van der Waals surface area contributed by atoms with Gasteiger partial charge < -0.3 is 5.73 Å². The van der Waals surface area contributed by atoms with Crippen molar-refractivity contribution in [2.45, 2.75) is 48.6 Å². The topological polar surface area (TPSA) is 95.9 Å². The van der Waals surface area contributed by atoms with E-state index in [0.717, 1.165) is 28.4 Å². The lowest BCUT2D eigenvalue weighted by molar-refractivity contribution is -0.116. The summed E-state index contributed by atoms with van der Waals surface area (Å²) in [6.45, 7) is 4.20. The molecule has 2 aromatic rings. The Kier molecular flexibility index (Phi) is 5.27. The number of thioether (sulfide) groups is 1. The van der Waals surface area contributed by atoms with Crippen molar-refractivity contribution in [3.63, 3.8) is 0 Å². The van der Waals surface area contributed by atoms with Crippen LogP contribution in [0.4, 0.5) is 5.13 Å².